The van der Waals surface area contributed by atoms with Gasteiger partial charge in [-0.25, -0.2) is 0 Å². The molecule has 1 aromatic heterocycles. The lowest BCUT2D eigenvalue weighted by atomic mass is 9.93. The minimum Gasteiger partial charge on any atom is -0.310 e. The van der Waals surface area contributed by atoms with Gasteiger partial charge in [-0.3, -0.25) is 0 Å². The molecule has 0 radical (unpaired) electrons. The minimum atomic E-state index is 0.623. The number of halogens is 1. The second kappa shape index (κ2) is 6.06. The van der Waals surface area contributed by atoms with Crippen LogP contribution in [0, 0.1) is 5.92 Å². The maximum absolute atomic E-state index is 3.80. The molecule has 2 aliphatic carbocycles. The number of nitrogens with one attached hydrogen (secondary N) is 1. The van der Waals surface area contributed by atoms with Gasteiger partial charge in [0.25, 0.3) is 0 Å². The van der Waals surface area contributed by atoms with E-state index in [9.17, 15) is 0 Å². The number of aryl methyl sites for hydroxylation is 1. The van der Waals surface area contributed by atoms with Crippen LogP contribution in [0.5, 0.6) is 0 Å². The maximum atomic E-state index is 3.80. The van der Waals surface area contributed by atoms with Gasteiger partial charge in [0.2, 0.25) is 0 Å². The summed E-state index contributed by atoms with van der Waals surface area (Å²) in [5, 5.41) is 3.80. The largest absolute Gasteiger partial charge is 0.310 e. The Morgan fingerprint density at radius 3 is 2.89 bits per heavy atom. The highest BCUT2D eigenvalue weighted by molar-refractivity contribution is 9.11. The van der Waals surface area contributed by atoms with Crippen LogP contribution in [0.1, 0.15) is 61.4 Å². The lowest BCUT2D eigenvalue weighted by Crippen LogP contribution is -2.26. The Hall–Kier alpha value is 0.140. The molecular weight excluding hydrogens is 306 g/mol. The predicted octanol–water partition coefficient (Wildman–Crippen LogP) is 5.06. The fourth-order valence-corrected chi connectivity index (χ4v) is 5.31. The highest BCUT2D eigenvalue weighted by atomic mass is 79.9. The molecule has 1 unspecified atom stereocenters. The van der Waals surface area contributed by atoms with E-state index in [1.807, 2.05) is 11.3 Å². The van der Waals surface area contributed by atoms with Crippen molar-refractivity contribution in [3.8, 4) is 0 Å². The third-order valence-electron chi connectivity index (χ3n) is 4.50. The van der Waals surface area contributed by atoms with E-state index in [2.05, 4.69) is 27.3 Å². The van der Waals surface area contributed by atoms with E-state index >= 15 is 0 Å². The highest BCUT2D eigenvalue weighted by Crippen LogP contribution is 2.38. The van der Waals surface area contributed by atoms with E-state index in [0.29, 0.717) is 6.04 Å². The summed E-state index contributed by atoms with van der Waals surface area (Å²) in [5.41, 5.74) is 1.57. The van der Waals surface area contributed by atoms with Crippen molar-refractivity contribution in [2.75, 3.05) is 6.54 Å². The van der Waals surface area contributed by atoms with Crippen LogP contribution in [0.4, 0.5) is 0 Å². The Morgan fingerprint density at radius 2 is 2.06 bits per heavy atom. The SMILES string of the molecule is Brc1cc2c(s1)CCCC2NCCC1CCCC1. The molecule has 3 rings (SSSR count). The molecule has 0 aliphatic heterocycles. The smallest absolute Gasteiger partial charge is 0.0704 e. The zero-order chi connectivity index (χ0) is 12.4. The normalized spacial score (nSPS) is 24.4. The van der Waals surface area contributed by atoms with Crippen LogP contribution in [0.3, 0.4) is 0 Å². The molecule has 1 nitrogen and oxygen atoms in total. The van der Waals surface area contributed by atoms with E-state index in [1.165, 1.54) is 61.7 Å². The Bertz CT molecular complexity index is 395. The van der Waals surface area contributed by atoms with Gasteiger partial charge in [0.1, 0.15) is 0 Å². The predicted molar refractivity (Wildman–Crippen MR) is 82.3 cm³/mol. The van der Waals surface area contributed by atoms with Crippen LogP contribution in [0.15, 0.2) is 9.85 Å². The monoisotopic (exact) mass is 327 g/mol. The van der Waals surface area contributed by atoms with E-state index in [4.69, 9.17) is 0 Å². The molecule has 1 heterocycles. The van der Waals surface area contributed by atoms with Gasteiger partial charge in [0.15, 0.2) is 0 Å². The van der Waals surface area contributed by atoms with Gasteiger partial charge < -0.3 is 5.32 Å². The fraction of sp³-hybridized carbons (Fsp3) is 0.733. The summed E-state index contributed by atoms with van der Waals surface area (Å²) in [6.07, 6.45) is 11.2. The van der Waals surface area contributed by atoms with Gasteiger partial charge in [0.05, 0.1) is 3.79 Å². The number of thiophene rings is 1. The summed E-state index contributed by atoms with van der Waals surface area (Å²) < 4.78 is 1.30. The molecule has 0 aromatic carbocycles. The molecule has 0 amide bonds. The van der Waals surface area contributed by atoms with Gasteiger partial charge in [0, 0.05) is 10.9 Å². The van der Waals surface area contributed by atoms with Crippen LogP contribution in [-0.2, 0) is 6.42 Å². The van der Waals surface area contributed by atoms with Crippen molar-refractivity contribution >= 4 is 27.3 Å². The minimum absolute atomic E-state index is 0.623. The van der Waals surface area contributed by atoms with Gasteiger partial charge in [-0.1, -0.05) is 25.7 Å². The second-order valence-electron chi connectivity index (χ2n) is 5.77. The first-order valence-electron chi connectivity index (χ1n) is 7.34. The lowest BCUT2D eigenvalue weighted by molar-refractivity contribution is 0.416. The highest BCUT2D eigenvalue weighted by Gasteiger charge is 2.22. The van der Waals surface area contributed by atoms with Gasteiger partial charge in [-0.15, -0.1) is 11.3 Å². The van der Waals surface area contributed by atoms with E-state index in [-0.39, 0.29) is 0 Å². The average Bonchev–Trinajstić information content (AvgIpc) is 2.97. The van der Waals surface area contributed by atoms with Crippen molar-refractivity contribution in [1.82, 2.24) is 5.32 Å². The maximum Gasteiger partial charge on any atom is 0.0704 e. The quantitative estimate of drug-likeness (QED) is 0.815. The third kappa shape index (κ3) is 3.00. The third-order valence-corrected chi connectivity index (χ3v) is 6.22. The molecule has 18 heavy (non-hydrogen) atoms. The van der Waals surface area contributed by atoms with Crippen molar-refractivity contribution in [1.29, 1.82) is 0 Å². The van der Waals surface area contributed by atoms with Crippen LogP contribution in [-0.4, -0.2) is 6.54 Å². The van der Waals surface area contributed by atoms with Gasteiger partial charge >= 0.3 is 0 Å². The molecule has 100 valence electrons. The number of fused-ring (bicyclic) bond motifs is 1. The van der Waals surface area contributed by atoms with Crippen LogP contribution >= 0.6 is 27.3 Å². The molecule has 1 saturated carbocycles. The molecule has 0 saturated heterocycles. The topological polar surface area (TPSA) is 12.0 Å². The summed E-state index contributed by atoms with van der Waals surface area (Å²) in [5.74, 6) is 1.01. The summed E-state index contributed by atoms with van der Waals surface area (Å²) in [4.78, 5) is 1.60. The summed E-state index contributed by atoms with van der Waals surface area (Å²) >= 11 is 5.56. The van der Waals surface area contributed by atoms with Crippen LogP contribution in [0.2, 0.25) is 0 Å². The molecule has 0 spiro atoms. The molecule has 0 bridgehead atoms. The standard InChI is InChI=1S/C15H22BrNS/c16-15-10-12-13(6-3-7-14(12)18-15)17-9-8-11-4-1-2-5-11/h10-11,13,17H,1-9H2. The van der Waals surface area contributed by atoms with E-state index in [0.717, 1.165) is 5.92 Å². The first kappa shape index (κ1) is 13.1. The zero-order valence-corrected chi connectivity index (χ0v) is 13.3. The Morgan fingerprint density at radius 1 is 1.22 bits per heavy atom. The Labute approximate surface area is 122 Å². The number of hydrogen-bond donors (Lipinski definition) is 1. The Kier molecular flexibility index (Phi) is 4.42. The van der Waals surface area contributed by atoms with Gasteiger partial charge in [-0.05, 0) is 65.7 Å². The van der Waals surface area contributed by atoms with E-state index in [1.54, 1.807) is 10.4 Å². The van der Waals surface area contributed by atoms with Crippen LogP contribution in [0.25, 0.3) is 0 Å². The van der Waals surface area contributed by atoms with Crippen molar-refractivity contribution in [2.45, 2.75) is 57.4 Å². The molecule has 1 aromatic rings. The van der Waals surface area contributed by atoms with Crippen LogP contribution < -0.4 is 5.32 Å². The first-order chi connectivity index (χ1) is 8.83. The lowest BCUT2D eigenvalue weighted by Gasteiger charge is -2.24. The van der Waals surface area contributed by atoms with Crippen molar-refractivity contribution in [3.63, 3.8) is 0 Å². The zero-order valence-electron chi connectivity index (χ0n) is 10.9. The summed E-state index contributed by atoms with van der Waals surface area (Å²) in [6, 6.07) is 2.96. The average molecular weight is 328 g/mol. The van der Waals surface area contributed by atoms with Gasteiger partial charge in [-0.2, -0.15) is 0 Å². The van der Waals surface area contributed by atoms with Crippen molar-refractivity contribution < 1.29 is 0 Å². The molecule has 2 aliphatic rings. The van der Waals surface area contributed by atoms with Crippen molar-refractivity contribution in [2.24, 2.45) is 5.92 Å². The second-order valence-corrected chi connectivity index (χ2v) is 8.28. The Balaban J connectivity index is 1.53. The number of hydrogen-bond acceptors (Lipinski definition) is 2. The number of rotatable bonds is 4. The molecule has 1 atom stereocenters. The summed E-state index contributed by atoms with van der Waals surface area (Å²) in [7, 11) is 0. The molecule has 3 heteroatoms. The molecule has 1 fully saturated rings. The molecule has 1 N–H and O–H groups in total. The fourth-order valence-electron chi connectivity index (χ4n) is 3.49. The summed E-state index contributed by atoms with van der Waals surface area (Å²) in [6.45, 7) is 1.21. The van der Waals surface area contributed by atoms with Crippen molar-refractivity contribution in [3.05, 3.63) is 20.3 Å². The molecular formula is C15H22BrNS. The van der Waals surface area contributed by atoms with E-state index < -0.39 is 0 Å². The first-order valence-corrected chi connectivity index (χ1v) is 8.95.